The number of aromatic nitrogens is 1. The zero-order valence-corrected chi connectivity index (χ0v) is 23.0. The molecular weight excluding hydrogens is 507 g/mol. The molecule has 0 spiro atoms. The first-order chi connectivity index (χ1) is 18.4. The number of carbonyl (C=O) groups is 2. The number of hydrogen-bond donors (Lipinski definition) is 0. The zero-order valence-electron chi connectivity index (χ0n) is 23.0. The number of aryl methyl sites for hydroxylation is 3. The van der Waals surface area contributed by atoms with E-state index in [1.165, 1.54) is 41.1 Å². The summed E-state index contributed by atoms with van der Waals surface area (Å²) in [6.45, 7) is 6.46. The van der Waals surface area contributed by atoms with E-state index in [1.807, 2.05) is 0 Å². The quantitative estimate of drug-likeness (QED) is 0.280. The molecule has 1 saturated heterocycles. The van der Waals surface area contributed by atoms with Crippen LogP contribution in [0.3, 0.4) is 0 Å². The Balaban J connectivity index is 1.44. The van der Waals surface area contributed by atoms with Gasteiger partial charge in [0.25, 0.3) is 0 Å². The van der Waals surface area contributed by atoms with Gasteiger partial charge in [-0.15, -0.1) is 0 Å². The molecule has 1 aliphatic heterocycles. The molecule has 6 nitrogen and oxygen atoms in total. The van der Waals surface area contributed by atoms with Crippen LogP contribution in [-0.2, 0) is 35.0 Å². The summed E-state index contributed by atoms with van der Waals surface area (Å²) < 4.78 is 45.8. The van der Waals surface area contributed by atoms with Crippen molar-refractivity contribution in [2.75, 3.05) is 19.6 Å². The highest BCUT2D eigenvalue weighted by molar-refractivity contribution is 5.79. The van der Waals surface area contributed by atoms with E-state index in [0.29, 0.717) is 19.6 Å². The second-order valence-electron chi connectivity index (χ2n) is 11.5. The highest BCUT2D eigenvalue weighted by atomic mass is 19.4. The molecular formula is C30H38F3N3O3. The smallest absolute Gasteiger partial charge is 0.416 e. The van der Waals surface area contributed by atoms with Crippen LogP contribution in [0, 0.1) is 0 Å². The van der Waals surface area contributed by atoms with E-state index in [-0.39, 0.29) is 18.0 Å². The van der Waals surface area contributed by atoms with Gasteiger partial charge in [0.2, 0.25) is 0 Å². The Hall–Kier alpha value is -3.10. The molecule has 9 heteroatoms. The van der Waals surface area contributed by atoms with Crippen LogP contribution in [0.1, 0.15) is 87.0 Å². The molecule has 0 bridgehead atoms. The molecule has 2 aromatic rings. The standard InChI is InChI=1S/C30H38F3N3O3/c1-29(2,3)39-27(37)20-26(22-10-7-11-23(19-22)30(31,32)33)36-18-17-35(28(36)38)16-8-12-24-15-14-21-9-5-4-6-13-25(21)34-24/h7,10-11,14-15,19,26H,4-6,8-9,12-13,16-18,20H2,1-3H3. The number of benzene rings is 1. The van der Waals surface area contributed by atoms with Crippen LogP contribution < -0.4 is 0 Å². The van der Waals surface area contributed by atoms with Crippen molar-refractivity contribution in [1.29, 1.82) is 0 Å². The Bertz CT molecular complexity index is 1180. The fraction of sp³-hybridized carbons (Fsp3) is 0.567. The second kappa shape index (κ2) is 12.0. The van der Waals surface area contributed by atoms with E-state index in [4.69, 9.17) is 9.72 Å². The molecule has 1 aromatic carbocycles. The summed E-state index contributed by atoms with van der Waals surface area (Å²) in [4.78, 5) is 34.2. The van der Waals surface area contributed by atoms with Crippen LogP contribution in [-0.4, -0.2) is 52.0 Å². The first-order valence-electron chi connectivity index (χ1n) is 13.8. The van der Waals surface area contributed by atoms with Crippen LogP contribution in [0.25, 0.3) is 0 Å². The van der Waals surface area contributed by atoms with Crippen molar-refractivity contribution in [3.63, 3.8) is 0 Å². The van der Waals surface area contributed by atoms with Gasteiger partial charge in [-0.05, 0) is 88.6 Å². The molecule has 1 aliphatic carbocycles. The van der Waals surface area contributed by atoms with Crippen LogP contribution in [0.4, 0.5) is 18.0 Å². The van der Waals surface area contributed by atoms with E-state index in [0.717, 1.165) is 49.9 Å². The lowest BCUT2D eigenvalue weighted by molar-refractivity contribution is -0.156. The number of pyridine rings is 1. The molecule has 2 heterocycles. The zero-order chi connectivity index (χ0) is 28.2. The van der Waals surface area contributed by atoms with Crippen molar-refractivity contribution in [1.82, 2.24) is 14.8 Å². The molecule has 212 valence electrons. The average Bonchev–Trinajstić information content (AvgIpc) is 3.06. The molecule has 1 atom stereocenters. The lowest BCUT2D eigenvalue weighted by Gasteiger charge is -2.29. The van der Waals surface area contributed by atoms with Gasteiger partial charge in [-0.3, -0.25) is 9.78 Å². The Morgan fingerprint density at radius 3 is 2.56 bits per heavy atom. The van der Waals surface area contributed by atoms with E-state index in [9.17, 15) is 22.8 Å². The molecule has 1 fully saturated rings. The van der Waals surface area contributed by atoms with E-state index in [2.05, 4.69) is 12.1 Å². The van der Waals surface area contributed by atoms with Crippen molar-refractivity contribution >= 4 is 12.0 Å². The maximum Gasteiger partial charge on any atom is 0.416 e. The Labute approximate surface area is 228 Å². The summed E-state index contributed by atoms with van der Waals surface area (Å²) in [6.07, 6.45) is 2.41. The average molecular weight is 546 g/mol. The molecule has 2 amide bonds. The fourth-order valence-electron chi connectivity index (χ4n) is 5.36. The van der Waals surface area contributed by atoms with Crippen LogP contribution in [0.5, 0.6) is 0 Å². The number of carbonyl (C=O) groups excluding carboxylic acids is 2. The number of nitrogens with zero attached hydrogens (tertiary/aromatic N) is 3. The van der Waals surface area contributed by atoms with Gasteiger partial charge in [0, 0.05) is 31.0 Å². The number of ether oxygens (including phenoxy) is 1. The molecule has 1 unspecified atom stereocenters. The molecule has 1 aromatic heterocycles. The van der Waals surface area contributed by atoms with Gasteiger partial charge in [0.05, 0.1) is 18.0 Å². The van der Waals surface area contributed by atoms with Crippen molar-refractivity contribution in [2.24, 2.45) is 0 Å². The normalized spacial score (nSPS) is 17.1. The minimum absolute atomic E-state index is 0.225. The third kappa shape index (κ3) is 7.73. The topological polar surface area (TPSA) is 62.7 Å². The molecule has 0 N–H and O–H groups in total. The summed E-state index contributed by atoms with van der Waals surface area (Å²) >= 11 is 0. The molecule has 2 aliphatic rings. The van der Waals surface area contributed by atoms with Crippen LogP contribution in [0.15, 0.2) is 36.4 Å². The lowest BCUT2D eigenvalue weighted by atomic mass is 9.99. The summed E-state index contributed by atoms with van der Waals surface area (Å²) in [7, 11) is 0. The van der Waals surface area contributed by atoms with Crippen LogP contribution in [0.2, 0.25) is 0 Å². The van der Waals surface area contributed by atoms with Gasteiger partial charge in [-0.2, -0.15) is 13.2 Å². The minimum atomic E-state index is -4.53. The maximum atomic E-state index is 13.4. The number of rotatable bonds is 8. The summed E-state index contributed by atoms with van der Waals surface area (Å²) in [5.74, 6) is -0.564. The predicted molar refractivity (Wildman–Crippen MR) is 142 cm³/mol. The highest BCUT2D eigenvalue weighted by Crippen LogP contribution is 2.35. The van der Waals surface area contributed by atoms with Gasteiger partial charge in [-0.1, -0.05) is 24.6 Å². The van der Waals surface area contributed by atoms with Gasteiger partial charge in [-0.25, -0.2) is 4.79 Å². The number of amides is 2. The number of hydrogen-bond acceptors (Lipinski definition) is 4. The predicted octanol–water partition coefficient (Wildman–Crippen LogP) is 6.51. The van der Waals surface area contributed by atoms with Crippen molar-refractivity contribution in [2.45, 2.75) is 90.0 Å². The third-order valence-electron chi connectivity index (χ3n) is 7.23. The number of esters is 1. The first-order valence-corrected chi connectivity index (χ1v) is 13.8. The van der Waals surface area contributed by atoms with Crippen molar-refractivity contribution < 1.29 is 27.5 Å². The fourth-order valence-corrected chi connectivity index (χ4v) is 5.36. The molecule has 4 rings (SSSR count). The summed E-state index contributed by atoms with van der Waals surface area (Å²) in [5, 5.41) is 0. The Kier molecular flexibility index (Phi) is 8.86. The molecule has 0 radical (unpaired) electrons. The number of urea groups is 1. The minimum Gasteiger partial charge on any atom is -0.460 e. The number of halogens is 3. The molecule has 39 heavy (non-hydrogen) atoms. The summed E-state index contributed by atoms with van der Waals surface area (Å²) in [6, 6.07) is 7.98. The highest BCUT2D eigenvalue weighted by Gasteiger charge is 2.38. The summed E-state index contributed by atoms with van der Waals surface area (Å²) in [5.41, 5.74) is 2.25. The number of fused-ring (bicyclic) bond motifs is 1. The van der Waals surface area contributed by atoms with Gasteiger partial charge in [0.15, 0.2) is 0 Å². The first kappa shape index (κ1) is 28.9. The van der Waals surface area contributed by atoms with Crippen LogP contribution >= 0.6 is 0 Å². The van der Waals surface area contributed by atoms with Crippen molar-refractivity contribution in [3.8, 4) is 0 Å². The van der Waals surface area contributed by atoms with E-state index in [1.54, 1.807) is 25.7 Å². The maximum absolute atomic E-state index is 13.4. The van der Waals surface area contributed by atoms with Gasteiger partial charge < -0.3 is 14.5 Å². The van der Waals surface area contributed by atoms with E-state index < -0.39 is 29.4 Å². The van der Waals surface area contributed by atoms with Gasteiger partial charge >= 0.3 is 18.2 Å². The Morgan fingerprint density at radius 2 is 1.82 bits per heavy atom. The Morgan fingerprint density at radius 1 is 1.05 bits per heavy atom. The van der Waals surface area contributed by atoms with Gasteiger partial charge in [0.1, 0.15) is 5.60 Å². The second-order valence-corrected chi connectivity index (χ2v) is 11.5. The monoisotopic (exact) mass is 545 g/mol. The molecule has 0 saturated carbocycles. The largest absolute Gasteiger partial charge is 0.460 e. The van der Waals surface area contributed by atoms with E-state index >= 15 is 0 Å². The number of alkyl halides is 3. The van der Waals surface area contributed by atoms with Crippen molar-refractivity contribution in [3.05, 3.63) is 64.5 Å². The third-order valence-corrected chi connectivity index (χ3v) is 7.23. The SMILES string of the molecule is CC(C)(C)OC(=O)CC(c1cccc(C(F)(F)F)c1)N1CCN(CCCc2ccc3c(n2)CCCCC3)C1=O. The lowest BCUT2D eigenvalue weighted by Crippen LogP contribution is -2.37.